The number of hydrogen-bond donors (Lipinski definition) is 3. The molecular weight excluding hydrogens is 360 g/mol. The molecule has 0 heterocycles. The highest BCUT2D eigenvalue weighted by Gasteiger charge is 2.18. The number of amides is 1. The molecular formula is C21H42N2O3S. The molecule has 0 aliphatic heterocycles. The summed E-state index contributed by atoms with van der Waals surface area (Å²) in [6, 6.07) is -0.803. The minimum atomic E-state index is -0.981. The largest absolute Gasteiger partial charge is 0.480 e. The monoisotopic (exact) mass is 402 g/mol. The lowest BCUT2D eigenvalue weighted by Crippen LogP contribution is -2.40. The summed E-state index contributed by atoms with van der Waals surface area (Å²) in [7, 11) is 4.27. The van der Waals surface area contributed by atoms with Crippen LogP contribution in [0.4, 0.5) is 0 Å². The van der Waals surface area contributed by atoms with Gasteiger partial charge in [-0.05, 0) is 45.7 Å². The number of nitrogens with zero attached hydrogens (tertiary/aromatic N) is 1. The average molecular weight is 403 g/mol. The summed E-state index contributed by atoms with van der Waals surface area (Å²) in [4.78, 5) is 25.0. The molecule has 0 rings (SSSR count). The lowest BCUT2D eigenvalue weighted by Gasteiger charge is -2.13. The maximum Gasteiger partial charge on any atom is 0.326 e. The molecule has 0 aromatic heterocycles. The van der Waals surface area contributed by atoms with E-state index in [1.807, 2.05) is 0 Å². The van der Waals surface area contributed by atoms with Gasteiger partial charge in [-0.1, -0.05) is 64.2 Å². The number of carboxylic acids is 1. The standard InChI is InChI=1S/C21H42N2O3S/c1-23(2)17-14-12-10-8-6-4-3-5-7-9-11-13-15-20(24)22-19(16-18-27)21(25)26/h19,27H,3-18H2,1-2H3,(H,22,24)(H,25,26). The van der Waals surface area contributed by atoms with Gasteiger partial charge in [-0.25, -0.2) is 4.79 Å². The SMILES string of the molecule is CN(C)CCCCCCCCCCCCCCC(=O)NC(CCS)C(=O)O. The Labute approximate surface area is 172 Å². The first kappa shape index (κ1) is 26.2. The van der Waals surface area contributed by atoms with E-state index in [4.69, 9.17) is 5.11 Å². The summed E-state index contributed by atoms with van der Waals surface area (Å²) in [5, 5.41) is 11.6. The van der Waals surface area contributed by atoms with Crippen molar-refractivity contribution in [3.05, 3.63) is 0 Å². The summed E-state index contributed by atoms with van der Waals surface area (Å²) >= 11 is 4.03. The summed E-state index contributed by atoms with van der Waals surface area (Å²) in [6.45, 7) is 1.21. The molecule has 160 valence electrons. The second-order valence-corrected chi connectivity index (χ2v) is 8.21. The van der Waals surface area contributed by atoms with Crippen LogP contribution in [0.15, 0.2) is 0 Å². The quantitative estimate of drug-likeness (QED) is 0.220. The molecule has 0 aromatic carbocycles. The Morgan fingerprint density at radius 1 is 0.852 bits per heavy atom. The van der Waals surface area contributed by atoms with Gasteiger partial charge in [0.1, 0.15) is 6.04 Å². The van der Waals surface area contributed by atoms with E-state index >= 15 is 0 Å². The highest BCUT2D eigenvalue weighted by Crippen LogP contribution is 2.12. The van der Waals surface area contributed by atoms with Crippen LogP contribution in [-0.4, -0.2) is 54.3 Å². The fraction of sp³-hybridized carbons (Fsp3) is 0.905. The van der Waals surface area contributed by atoms with Crippen LogP contribution in [0.2, 0.25) is 0 Å². The van der Waals surface area contributed by atoms with Crippen molar-refractivity contribution in [2.45, 2.75) is 95.9 Å². The summed E-state index contributed by atoms with van der Waals surface area (Å²) < 4.78 is 0. The van der Waals surface area contributed by atoms with Crippen LogP contribution >= 0.6 is 12.6 Å². The topological polar surface area (TPSA) is 69.6 Å². The van der Waals surface area contributed by atoms with Gasteiger partial charge < -0.3 is 15.3 Å². The molecule has 0 aliphatic carbocycles. The van der Waals surface area contributed by atoms with E-state index in [0.29, 0.717) is 18.6 Å². The van der Waals surface area contributed by atoms with Crippen molar-refractivity contribution in [2.24, 2.45) is 0 Å². The zero-order valence-electron chi connectivity index (χ0n) is 17.5. The minimum Gasteiger partial charge on any atom is -0.480 e. The van der Waals surface area contributed by atoms with Crippen LogP contribution in [0, 0.1) is 0 Å². The first-order chi connectivity index (χ1) is 13.0. The van der Waals surface area contributed by atoms with Gasteiger partial charge in [0.2, 0.25) is 5.91 Å². The van der Waals surface area contributed by atoms with Gasteiger partial charge in [-0.2, -0.15) is 12.6 Å². The molecule has 6 heteroatoms. The number of unbranched alkanes of at least 4 members (excludes halogenated alkanes) is 11. The van der Waals surface area contributed by atoms with E-state index in [9.17, 15) is 9.59 Å². The van der Waals surface area contributed by atoms with Crippen LogP contribution in [0.3, 0.4) is 0 Å². The smallest absolute Gasteiger partial charge is 0.326 e. The fourth-order valence-electron chi connectivity index (χ4n) is 3.13. The third kappa shape index (κ3) is 18.4. The Morgan fingerprint density at radius 3 is 1.70 bits per heavy atom. The third-order valence-electron chi connectivity index (χ3n) is 4.81. The summed E-state index contributed by atoms with van der Waals surface area (Å²) in [5.74, 6) is -0.686. The van der Waals surface area contributed by atoms with Crippen LogP contribution < -0.4 is 5.32 Å². The van der Waals surface area contributed by atoms with E-state index in [1.165, 1.54) is 64.3 Å². The Bertz CT molecular complexity index is 378. The maximum atomic E-state index is 11.8. The number of nitrogens with one attached hydrogen (secondary N) is 1. The number of hydrogen-bond acceptors (Lipinski definition) is 4. The molecule has 5 nitrogen and oxygen atoms in total. The Balaban J connectivity index is 3.35. The van der Waals surface area contributed by atoms with Gasteiger partial charge in [-0.3, -0.25) is 4.79 Å². The first-order valence-electron chi connectivity index (χ1n) is 10.7. The molecule has 0 aromatic rings. The first-order valence-corrected chi connectivity index (χ1v) is 11.4. The van der Waals surface area contributed by atoms with E-state index in [0.717, 1.165) is 19.3 Å². The Morgan fingerprint density at radius 2 is 1.30 bits per heavy atom. The molecule has 0 saturated carbocycles. The number of carbonyl (C=O) groups excluding carboxylic acids is 1. The number of carboxylic acid groups (broad SMARTS) is 1. The van der Waals surface area contributed by atoms with Gasteiger partial charge in [0.25, 0.3) is 0 Å². The molecule has 1 unspecified atom stereocenters. The van der Waals surface area contributed by atoms with Crippen LogP contribution in [0.5, 0.6) is 0 Å². The second kappa shape index (κ2) is 18.6. The molecule has 0 radical (unpaired) electrons. The number of rotatable bonds is 19. The molecule has 0 aliphatic rings. The molecule has 0 bridgehead atoms. The van der Waals surface area contributed by atoms with Crippen molar-refractivity contribution in [2.75, 3.05) is 26.4 Å². The van der Waals surface area contributed by atoms with E-state index < -0.39 is 12.0 Å². The number of carbonyl (C=O) groups is 2. The van der Waals surface area contributed by atoms with Gasteiger partial charge >= 0.3 is 5.97 Å². The molecule has 1 atom stereocenters. The van der Waals surface area contributed by atoms with E-state index in [-0.39, 0.29) is 5.91 Å². The van der Waals surface area contributed by atoms with Crippen molar-refractivity contribution in [3.8, 4) is 0 Å². The van der Waals surface area contributed by atoms with Crippen molar-refractivity contribution >= 4 is 24.5 Å². The average Bonchev–Trinajstić information content (AvgIpc) is 2.61. The lowest BCUT2D eigenvalue weighted by molar-refractivity contribution is -0.141. The van der Waals surface area contributed by atoms with E-state index in [1.54, 1.807) is 0 Å². The fourth-order valence-corrected chi connectivity index (χ4v) is 3.39. The maximum absolute atomic E-state index is 11.8. The van der Waals surface area contributed by atoms with Crippen molar-refractivity contribution in [3.63, 3.8) is 0 Å². The molecule has 0 fully saturated rings. The summed E-state index contributed by atoms with van der Waals surface area (Å²) in [6.07, 6.45) is 15.8. The highest BCUT2D eigenvalue weighted by molar-refractivity contribution is 7.80. The zero-order valence-corrected chi connectivity index (χ0v) is 18.4. The predicted molar refractivity (Wildman–Crippen MR) is 117 cm³/mol. The third-order valence-corrected chi connectivity index (χ3v) is 5.07. The predicted octanol–water partition coefficient (Wildman–Crippen LogP) is 4.51. The zero-order chi connectivity index (χ0) is 20.3. The molecule has 27 heavy (non-hydrogen) atoms. The molecule has 1 amide bonds. The van der Waals surface area contributed by atoms with Crippen LogP contribution in [-0.2, 0) is 9.59 Å². The normalized spacial score (nSPS) is 12.3. The number of thiol groups is 1. The highest BCUT2D eigenvalue weighted by atomic mass is 32.1. The van der Waals surface area contributed by atoms with Gasteiger partial charge in [0.15, 0.2) is 0 Å². The van der Waals surface area contributed by atoms with Gasteiger partial charge in [0.05, 0.1) is 0 Å². The molecule has 0 saturated heterocycles. The number of aliphatic carboxylic acids is 1. The lowest BCUT2D eigenvalue weighted by atomic mass is 10.0. The van der Waals surface area contributed by atoms with Crippen LogP contribution in [0.1, 0.15) is 89.9 Å². The Kier molecular flexibility index (Phi) is 18.1. The second-order valence-electron chi connectivity index (χ2n) is 7.77. The van der Waals surface area contributed by atoms with E-state index in [2.05, 4.69) is 36.9 Å². The van der Waals surface area contributed by atoms with Gasteiger partial charge in [-0.15, -0.1) is 0 Å². The molecule has 2 N–H and O–H groups in total. The van der Waals surface area contributed by atoms with Crippen molar-refractivity contribution < 1.29 is 14.7 Å². The van der Waals surface area contributed by atoms with Crippen LogP contribution in [0.25, 0.3) is 0 Å². The van der Waals surface area contributed by atoms with Crippen molar-refractivity contribution in [1.29, 1.82) is 0 Å². The molecule has 0 spiro atoms. The Hall–Kier alpha value is -0.750. The summed E-state index contributed by atoms with van der Waals surface area (Å²) in [5.41, 5.74) is 0. The van der Waals surface area contributed by atoms with Crippen molar-refractivity contribution in [1.82, 2.24) is 10.2 Å². The minimum absolute atomic E-state index is 0.158. The van der Waals surface area contributed by atoms with Gasteiger partial charge in [0, 0.05) is 6.42 Å².